The van der Waals surface area contributed by atoms with E-state index in [-0.39, 0.29) is 0 Å². The lowest BCUT2D eigenvalue weighted by atomic mass is 10.1. The highest BCUT2D eigenvalue weighted by Crippen LogP contribution is 2.49. The number of rotatable bonds is 12. The molecule has 2 aromatic carbocycles. The minimum absolute atomic E-state index is 0.590. The maximum Gasteiger partial charge on any atom is 0.416 e. The molecular formula is C28H38F3N3OS. The van der Waals surface area contributed by atoms with Gasteiger partial charge in [-0.1, -0.05) is 50.1 Å². The van der Waals surface area contributed by atoms with Gasteiger partial charge in [-0.15, -0.1) is 0 Å². The van der Waals surface area contributed by atoms with Gasteiger partial charge in [-0.3, -0.25) is 4.90 Å². The number of nitrogens with zero attached hydrogens (tertiary/aromatic N) is 3. The summed E-state index contributed by atoms with van der Waals surface area (Å²) in [6.45, 7) is 10.7. The van der Waals surface area contributed by atoms with E-state index in [2.05, 4.69) is 21.6 Å². The lowest BCUT2D eigenvalue weighted by Gasteiger charge is -2.36. The Labute approximate surface area is 217 Å². The minimum Gasteiger partial charge on any atom is -0.380 e. The largest absolute Gasteiger partial charge is 0.416 e. The van der Waals surface area contributed by atoms with Crippen LogP contribution >= 0.6 is 11.8 Å². The Morgan fingerprint density at radius 3 is 2.25 bits per heavy atom. The first-order chi connectivity index (χ1) is 17.5. The molecule has 2 aromatic rings. The molecule has 4 nitrogen and oxygen atoms in total. The fourth-order valence-electron chi connectivity index (χ4n) is 4.86. The zero-order chi connectivity index (χ0) is 25.4. The average Bonchev–Trinajstić information content (AvgIpc) is 2.87. The van der Waals surface area contributed by atoms with Crippen LogP contribution in [0, 0.1) is 0 Å². The van der Waals surface area contributed by atoms with Crippen LogP contribution < -0.4 is 4.90 Å². The standard InChI is InChI=1S/C28H38F3N3OS/c1-2-3-4-7-20-35-21-19-33-17-15-32(16-18-33)13-8-14-34-24-9-5-6-10-26(24)36-27-12-11-23(22-25(27)34)28(29,30)31/h5-6,9-12,22H,2-4,7-8,13-21H2,1H3. The van der Waals surface area contributed by atoms with Gasteiger partial charge in [-0.2, -0.15) is 13.2 Å². The van der Waals surface area contributed by atoms with E-state index in [1.165, 1.54) is 31.4 Å². The molecule has 0 unspecified atom stereocenters. The number of anilines is 2. The van der Waals surface area contributed by atoms with E-state index in [9.17, 15) is 13.2 Å². The number of unbranched alkanes of at least 4 members (excludes halogenated alkanes) is 3. The van der Waals surface area contributed by atoms with Crippen molar-refractivity contribution in [2.45, 2.75) is 55.0 Å². The molecule has 0 N–H and O–H groups in total. The third-order valence-corrected chi connectivity index (χ3v) is 8.10. The zero-order valence-corrected chi connectivity index (χ0v) is 22.0. The Hall–Kier alpha value is -1.74. The highest BCUT2D eigenvalue weighted by atomic mass is 32.2. The second kappa shape index (κ2) is 13.2. The van der Waals surface area contributed by atoms with Crippen LogP contribution in [0.15, 0.2) is 52.3 Å². The van der Waals surface area contributed by atoms with E-state index in [1.807, 2.05) is 24.3 Å². The van der Waals surface area contributed by atoms with E-state index in [0.717, 1.165) is 80.8 Å². The molecule has 2 aliphatic rings. The van der Waals surface area contributed by atoms with Crippen molar-refractivity contribution in [3.63, 3.8) is 0 Å². The number of para-hydroxylation sites is 1. The molecule has 0 bridgehead atoms. The second-order valence-corrected chi connectivity index (χ2v) is 10.7. The van der Waals surface area contributed by atoms with E-state index in [4.69, 9.17) is 4.74 Å². The number of ether oxygens (including phenoxy) is 1. The Balaban J connectivity index is 1.25. The lowest BCUT2D eigenvalue weighted by Crippen LogP contribution is -2.47. The van der Waals surface area contributed by atoms with Crippen LogP contribution in [0.25, 0.3) is 0 Å². The van der Waals surface area contributed by atoms with Gasteiger partial charge >= 0.3 is 6.18 Å². The molecule has 0 radical (unpaired) electrons. The van der Waals surface area contributed by atoms with E-state index >= 15 is 0 Å². The SMILES string of the molecule is CCCCCCOCCN1CCN(CCCN2c3ccccc3Sc3ccc(C(F)(F)F)cc32)CC1. The topological polar surface area (TPSA) is 19.0 Å². The van der Waals surface area contributed by atoms with Crippen LogP contribution in [0.4, 0.5) is 24.5 Å². The normalized spacial score (nSPS) is 16.7. The van der Waals surface area contributed by atoms with Crippen molar-refractivity contribution in [3.8, 4) is 0 Å². The molecule has 0 aliphatic carbocycles. The molecule has 1 saturated heterocycles. The maximum atomic E-state index is 13.4. The first-order valence-electron chi connectivity index (χ1n) is 13.2. The molecule has 36 heavy (non-hydrogen) atoms. The van der Waals surface area contributed by atoms with Crippen LogP contribution in [-0.4, -0.2) is 68.8 Å². The first-order valence-corrected chi connectivity index (χ1v) is 14.1. The fourth-order valence-corrected chi connectivity index (χ4v) is 5.94. The Morgan fingerprint density at radius 1 is 0.778 bits per heavy atom. The summed E-state index contributed by atoms with van der Waals surface area (Å²) in [6, 6.07) is 12.1. The number of hydrogen-bond donors (Lipinski definition) is 0. The van der Waals surface area contributed by atoms with Gasteiger partial charge in [0.25, 0.3) is 0 Å². The van der Waals surface area contributed by atoms with E-state index in [1.54, 1.807) is 17.8 Å². The number of fused-ring (bicyclic) bond motifs is 2. The predicted molar refractivity (Wildman–Crippen MR) is 141 cm³/mol. The van der Waals surface area contributed by atoms with Gasteiger partial charge in [0.2, 0.25) is 0 Å². The van der Waals surface area contributed by atoms with Crippen molar-refractivity contribution in [2.75, 3.05) is 63.9 Å². The fraction of sp³-hybridized carbons (Fsp3) is 0.571. The molecule has 2 aliphatic heterocycles. The predicted octanol–water partition coefficient (Wildman–Crippen LogP) is 6.91. The molecule has 8 heteroatoms. The van der Waals surface area contributed by atoms with E-state index in [0.29, 0.717) is 12.2 Å². The van der Waals surface area contributed by atoms with Crippen LogP contribution in [-0.2, 0) is 10.9 Å². The number of benzene rings is 2. The molecule has 0 atom stereocenters. The third-order valence-electron chi connectivity index (χ3n) is 6.97. The summed E-state index contributed by atoms with van der Waals surface area (Å²) in [4.78, 5) is 8.98. The van der Waals surface area contributed by atoms with Gasteiger partial charge in [0.1, 0.15) is 0 Å². The Bertz CT molecular complexity index is 963. The van der Waals surface area contributed by atoms with Crippen LogP contribution in [0.3, 0.4) is 0 Å². The van der Waals surface area contributed by atoms with Gasteiger partial charge in [-0.05, 0) is 49.7 Å². The smallest absolute Gasteiger partial charge is 0.380 e. The average molecular weight is 522 g/mol. The van der Waals surface area contributed by atoms with Gasteiger partial charge in [0.05, 0.1) is 23.5 Å². The second-order valence-electron chi connectivity index (χ2n) is 9.61. The molecular weight excluding hydrogens is 483 g/mol. The van der Waals surface area contributed by atoms with Crippen molar-refractivity contribution < 1.29 is 17.9 Å². The van der Waals surface area contributed by atoms with Crippen LogP contribution in [0.2, 0.25) is 0 Å². The maximum absolute atomic E-state index is 13.4. The number of piperazine rings is 1. The van der Waals surface area contributed by atoms with Crippen molar-refractivity contribution in [1.29, 1.82) is 0 Å². The summed E-state index contributed by atoms with van der Waals surface area (Å²) in [7, 11) is 0. The van der Waals surface area contributed by atoms with Crippen molar-refractivity contribution >= 4 is 23.1 Å². The summed E-state index contributed by atoms with van der Waals surface area (Å²) in [5, 5.41) is 0. The zero-order valence-electron chi connectivity index (χ0n) is 21.2. The molecule has 0 saturated carbocycles. The van der Waals surface area contributed by atoms with Gasteiger partial charge < -0.3 is 14.5 Å². The number of hydrogen-bond acceptors (Lipinski definition) is 5. The third kappa shape index (κ3) is 7.40. The van der Waals surface area contributed by atoms with Gasteiger partial charge in [0.15, 0.2) is 0 Å². The molecule has 0 amide bonds. The van der Waals surface area contributed by atoms with Crippen molar-refractivity contribution in [3.05, 3.63) is 48.0 Å². The summed E-state index contributed by atoms with van der Waals surface area (Å²) in [5.41, 5.74) is 1.06. The molecule has 4 rings (SSSR count). The van der Waals surface area contributed by atoms with E-state index < -0.39 is 11.7 Å². The Morgan fingerprint density at radius 2 is 1.50 bits per heavy atom. The van der Waals surface area contributed by atoms with Crippen LogP contribution in [0.5, 0.6) is 0 Å². The number of halogens is 3. The van der Waals surface area contributed by atoms with Crippen LogP contribution in [0.1, 0.15) is 44.6 Å². The number of alkyl halides is 3. The summed E-state index contributed by atoms with van der Waals surface area (Å²) >= 11 is 1.54. The van der Waals surface area contributed by atoms with Crippen molar-refractivity contribution in [1.82, 2.24) is 9.80 Å². The summed E-state index contributed by atoms with van der Waals surface area (Å²) in [5.74, 6) is 0. The molecule has 0 spiro atoms. The highest BCUT2D eigenvalue weighted by molar-refractivity contribution is 7.99. The quantitative estimate of drug-likeness (QED) is 0.282. The Kier molecular flexibility index (Phi) is 9.99. The monoisotopic (exact) mass is 521 g/mol. The minimum atomic E-state index is -4.35. The summed E-state index contributed by atoms with van der Waals surface area (Å²) in [6.07, 6.45) is 1.50. The molecule has 0 aromatic heterocycles. The van der Waals surface area contributed by atoms with Gasteiger partial charge in [-0.25, -0.2) is 0 Å². The molecule has 198 valence electrons. The lowest BCUT2D eigenvalue weighted by molar-refractivity contribution is -0.137. The molecule has 2 heterocycles. The molecule has 1 fully saturated rings. The van der Waals surface area contributed by atoms with Gasteiger partial charge in [0, 0.05) is 55.7 Å². The van der Waals surface area contributed by atoms with Crippen molar-refractivity contribution in [2.24, 2.45) is 0 Å². The first kappa shape index (κ1) is 27.3. The highest BCUT2D eigenvalue weighted by Gasteiger charge is 2.33. The summed E-state index contributed by atoms with van der Waals surface area (Å²) < 4.78 is 46.1.